The first kappa shape index (κ1) is 21.8. The van der Waals surface area contributed by atoms with Gasteiger partial charge in [0.2, 0.25) is 15.9 Å². The third-order valence-electron chi connectivity index (χ3n) is 6.19. The molecule has 7 nitrogen and oxygen atoms in total. The van der Waals surface area contributed by atoms with Crippen LogP contribution < -0.4 is 10.2 Å². The van der Waals surface area contributed by atoms with Gasteiger partial charge >= 0.3 is 0 Å². The standard InChI is InChI=1S/C23H30N4O3S/c1-19(25-15-17-26(18-16-25)21-7-3-2-4-8-21)23(28)24-20-9-11-22(12-10-20)31(29,30)27-13-5-6-14-27/h2-4,7-12,19H,5-6,13-18H2,1H3,(H,24,28)/t19-/m1/s1. The lowest BCUT2D eigenvalue weighted by atomic mass is 10.2. The molecule has 2 heterocycles. The topological polar surface area (TPSA) is 73.0 Å². The minimum Gasteiger partial charge on any atom is -0.369 e. The summed E-state index contributed by atoms with van der Waals surface area (Å²) in [6.07, 6.45) is 1.82. The van der Waals surface area contributed by atoms with Gasteiger partial charge in [-0.3, -0.25) is 9.69 Å². The molecule has 0 radical (unpaired) electrons. The number of hydrogen-bond acceptors (Lipinski definition) is 5. The SMILES string of the molecule is C[C@H](C(=O)Nc1ccc(S(=O)(=O)N2CCCC2)cc1)N1CCN(c2ccccc2)CC1. The van der Waals surface area contributed by atoms with Crippen LogP contribution in [0.2, 0.25) is 0 Å². The predicted molar refractivity (Wildman–Crippen MR) is 123 cm³/mol. The molecule has 0 saturated carbocycles. The maximum absolute atomic E-state index is 12.8. The van der Waals surface area contributed by atoms with Crippen molar-refractivity contribution in [1.29, 1.82) is 0 Å². The van der Waals surface area contributed by atoms with Crippen molar-refractivity contribution in [3.63, 3.8) is 0 Å². The van der Waals surface area contributed by atoms with Crippen molar-refractivity contribution in [2.45, 2.75) is 30.7 Å². The fourth-order valence-electron chi connectivity index (χ4n) is 4.21. The van der Waals surface area contributed by atoms with Crippen molar-refractivity contribution in [2.24, 2.45) is 0 Å². The molecule has 2 aliphatic rings. The van der Waals surface area contributed by atoms with E-state index in [0.717, 1.165) is 39.0 Å². The third-order valence-corrected chi connectivity index (χ3v) is 8.10. The van der Waals surface area contributed by atoms with Crippen LogP contribution in [0.15, 0.2) is 59.5 Å². The molecule has 1 atom stereocenters. The number of carbonyl (C=O) groups excluding carboxylic acids is 1. The summed E-state index contributed by atoms with van der Waals surface area (Å²) in [4.78, 5) is 17.6. The van der Waals surface area contributed by atoms with Crippen LogP contribution in [-0.2, 0) is 14.8 Å². The van der Waals surface area contributed by atoms with Crippen molar-refractivity contribution in [3.8, 4) is 0 Å². The molecule has 1 amide bonds. The first-order valence-corrected chi connectivity index (χ1v) is 12.3. The molecule has 8 heteroatoms. The zero-order valence-electron chi connectivity index (χ0n) is 17.9. The molecule has 31 heavy (non-hydrogen) atoms. The van der Waals surface area contributed by atoms with Gasteiger partial charge in [-0.2, -0.15) is 4.31 Å². The molecule has 4 rings (SSSR count). The van der Waals surface area contributed by atoms with E-state index in [9.17, 15) is 13.2 Å². The van der Waals surface area contributed by atoms with Crippen LogP contribution in [-0.4, -0.2) is 68.8 Å². The molecular weight excluding hydrogens is 412 g/mol. The van der Waals surface area contributed by atoms with Crippen LogP contribution in [0, 0.1) is 0 Å². The Labute approximate surface area is 184 Å². The van der Waals surface area contributed by atoms with Crippen LogP contribution >= 0.6 is 0 Å². The Balaban J connectivity index is 1.32. The van der Waals surface area contributed by atoms with Gasteiger partial charge in [-0.25, -0.2) is 8.42 Å². The number of para-hydroxylation sites is 1. The van der Waals surface area contributed by atoms with Gasteiger partial charge < -0.3 is 10.2 Å². The summed E-state index contributed by atoms with van der Waals surface area (Å²) in [6.45, 7) is 6.47. The highest BCUT2D eigenvalue weighted by molar-refractivity contribution is 7.89. The normalized spacial score (nSPS) is 19.3. The van der Waals surface area contributed by atoms with Gasteiger partial charge in [0.15, 0.2) is 0 Å². The number of hydrogen-bond donors (Lipinski definition) is 1. The maximum Gasteiger partial charge on any atom is 0.243 e. The molecule has 2 fully saturated rings. The number of sulfonamides is 1. The lowest BCUT2D eigenvalue weighted by molar-refractivity contribution is -0.120. The molecule has 1 N–H and O–H groups in total. The second-order valence-electron chi connectivity index (χ2n) is 8.16. The second-order valence-corrected chi connectivity index (χ2v) is 10.1. The van der Waals surface area contributed by atoms with Gasteiger partial charge in [0.1, 0.15) is 0 Å². The molecule has 0 spiro atoms. The summed E-state index contributed by atoms with van der Waals surface area (Å²) in [5.74, 6) is -0.0803. The molecule has 2 aromatic carbocycles. The second kappa shape index (κ2) is 9.38. The Hall–Kier alpha value is -2.42. The first-order chi connectivity index (χ1) is 14.9. The summed E-state index contributed by atoms with van der Waals surface area (Å²) < 4.78 is 26.8. The van der Waals surface area contributed by atoms with E-state index < -0.39 is 10.0 Å². The van der Waals surface area contributed by atoms with Gasteiger partial charge in [0, 0.05) is 50.6 Å². The Kier molecular flexibility index (Phi) is 6.60. The van der Waals surface area contributed by atoms with Crippen molar-refractivity contribution in [3.05, 3.63) is 54.6 Å². The number of nitrogens with zero attached hydrogens (tertiary/aromatic N) is 3. The smallest absolute Gasteiger partial charge is 0.243 e. The number of anilines is 2. The zero-order valence-corrected chi connectivity index (χ0v) is 18.7. The fraction of sp³-hybridized carbons (Fsp3) is 0.435. The largest absolute Gasteiger partial charge is 0.369 e. The number of benzene rings is 2. The highest BCUT2D eigenvalue weighted by Gasteiger charge is 2.28. The van der Waals surface area contributed by atoms with E-state index in [-0.39, 0.29) is 16.8 Å². The summed E-state index contributed by atoms with van der Waals surface area (Å²) in [7, 11) is -3.44. The summed E-state index contributed by atoms with van der Waals surface area (Å²) in [6, 6.07) is 16.5. The Morgan fingerprint density at radius 2 is 1.48 bits per heavy atom. The van der Waals surface area contributed by atoms with Gasteiger partial charge in [0.25, 0.3) is 0 Å². The van der Waals surface area contributed by atoms with E-state index in [1.54, 1.807) is 24.3 Å². The van der Waals surface area contributed by atoms with E-state index in [2.05, 4.69) is 27.2 Å². The molecule has 2 aliphatic heterocycles. The molecule has 166 valence electrons. The van der Waals surface area contributed by atoms with Gasteiger partial charge in [-0.1, -0.05) is 18.2 Å². The lowest BCUT2D eigenvalue weighted by Crippen LogP contribution is -2.52. The van der Waals surface area contributed by atoms with E-state index in [4.69, 9.17) is 0 Å². The maximum atomic E-state index is 12.8. The van der Waals surface area contributed by atoms with Crippen molar-refractivity contribution in [2.75, 3.05) is 49.5 Å². The third kappa shape index (κ3) is 4.92. The van der Waals surface area contributed by atoms with Crippen molar-refractivity contribution in [1.82, 2.24) is 9.21 Å². The van der Waals surface area contributed by atoms with Crippen LogP contribution in [0.25, 0.3) is 0 Å². The number of amides is 1. The highest BCUT2D eigenvalue weighted by Crippen LogP contribution is 2.22. The minimum atomic E-state index is -3.44. The first-order valence-electron chi connectivity index (χ1n) is 10.9. The van der Waals surface area contributed by atoms with Crippen LogP contribution in [0.4, 0.5) is 11.4 Å². The average Bonchev–Trinajstić information content (AvgIpc) is 3.36. The van der Waals surface area contributed by atoms with E-state index in [0.29, 0.717) is 18.8 Å². The minimum absolute atomic E-state index is 0.0803. The number of nitrogens with one attached hydrogen (secondary N) is 1. The van der Waals surface area contributed by atoms with E-state index in [1.807, 2.05) is 25.1 Å². The Bertz CT molecular complexity index is 981. The Morgan fingerprint density at radius 1 is 0.871 bits per heavy atom. The fourth-order valence-corrected chi connectivity index (χ4v) is 5.72. The average molecular weight is 443 g/mol. The van der Waals surface area contributed by atoms with E-state index >= 15 is 0 Å². The quantitative estimate of drug-likeness (QED) is 0.745. The number of piperazine rings is 1. The molecular formula is C23H30N4O3S. The summed E-state index contributed by atoms with van der Waals surface area (Å²) in [5, 5.41) is 2.93. The van der Waals surface area contributed by atoms with Crippen LogP contribution in [0.5, 0.6) is 0 Å². The van der Waals surface area contributed by atoms with Crippen molar-refractivity contribution < 1.29 is 13.2 Å². The lowest BCUT2D eigenvalue weighted by Gasteiger charge is -2.38. The summed E-state index contributed by atoms with van der Waals surface area (Å²) >= 11 is 0. The molecule has 2 saturated heterocycles. The predicted octanol–water partition coefficient (Wildman–Crippen LogP) is 2.62. The van der Waals surface area contributed by atoms with Gasteiger partial charge in [-0.15, -0.1) is 0 Å². The molecule has 0 aromatic heterocycles. The van der Waals surface area contributed by atoms with E-state index in [1.165, 1.54) is 9.99 Å². The van der Waals surface area contributed by atoms with Gasteiger partial charge in [0.05, 0.1) is 10.9 Å². The summed E-state index contributed by atoms with van der Waals surface area (Å²) in [5.41, 5.74) is 1.82. The number of rotatable bonds is 6. The highest BCUT2D eigenvalue weighted by atomic mass is 32.2. The molecule has 2 aromatic rings. The molecule has 0 bridgehead atoms. The number of carbonyl (C=O) groups is 1. The van der Waals surface area contributed by atoms with Crippen molar-refractivity contribution >= 4 is 27.3 Å². The van der Waals surface area contributed by atoms with Crippen LogP contribution in [0.3, 0.4) is 0 Å². The Morgan fingerprint density at radius 3 is 2.10 bits per heavy atom. The van der Waals surface area contributed by atoms with Gasteiger partial charge in [-0.05, 0) is 56.2 Å². The zero-order chi connectivity index (χ0) is 21.8. The molecule has 0 aliphatic carbocycles. The molecule has 0 unspecified atom stereocenters. The monoisotopic (exact) mass is 442 g/mol. The van der Waals surface area contributed by atoms with Crippen LogP contribution in [0.1, 0.15) is 19.8 Å².